The van der Waals surface area contributed by atoms with Crippen LogP contribution >= 0.6 is 22.7 Å². The molecular weight excluding hydrogens is 332 g/mol. The Bertz CT molecular complexity index is 703. The fourth-order valence-corrected chi connectivity index (χ4v) is 3.68. The Hall–Kier alpha value is -2.03. The highest BCUT2D eigenvalue weighted by Crippen LogP contribution is 2.25. The SMILES string of the molecule is COCc1nnc(NC(=O)C[C@H](c2ccsc2)n2cccc2)s1. The lowest BCUT2D eigenvalue weighted by Crippen LogP contribution is -2.19. The molecule has 1 amide bonds. The summed E-state index contributed by atoms with van der Waals surface area (Å²) in [6.07, 6.45) is 4.28. The number of aromatic nitrogens is 3. The third kappa shape index (κ3) is 4.04. The van der Waals surface area contributed by atoms with Crippen LogP contribution in [0.3, 0.4) is 0 Å². The summed E-state index contributed by atoms with van der Waals surface area (Å²) in [6.45, 7) is 0.397. The molecule has 0 radical (unpaired) electrons. The van der Waals surface area contributed by atoms with Crippen LogP contribution in [0.1, 0.15) is 23.0 Å². The molecule has 0 saturated heterocycles. The molecule has 0 unspecified atom stereocenters. The summed E-state index contributed by atoms with van der Waals surface area (Å²) >= 11 is 2.95. The Balaban J connectivity index is 1.68. The highest BCUT2D eigenvalue weighted by atomic mass is 32.1. The van der Waals surface area contributed by atoms with Crippen LogP contribution in [0.25, 0.3) is 0 Å². The van der Waals surface area contributed by atoms with Gasteiger partial charge in [0.25, 0.3) is 0 Å². The molecule has 3 aromatic heterocycles. The first-order valence-corrected chi connectivity index (χ1v) is 8.78. The molecule has 0 aliphatic rings. The van der Waals surface area contributed by atoms with Gasteiger partial charge in [-0.05, 0) is 34.5 Å². The van der Waals surface area contributed by atoms with Crippen LogP contribution in [0.15, 0.2) is 41.4 Å². The molecule has 1 atom stereocenters. The van der Waals surface area contributed by atoms with Crippen LogP contribution in [0.5, 0.6) is 0 Å². The van der Waals surface area contributed by atoms with E-state index in [1.807, 2.05) is 40.5 Å². The molecule has 0 aliphatic heterocycles. The standard InChI is InChI=1S/C15H16N4O2S2/c1-21-9-14-17-18-15(23-14)16-13(20)8-12(11-4-7-22-10-11)19-5-2-3-6-19/h2-7,10,12H,8-9H2,1H3,(H,16,18,20)/t12-/m1/s1. The van der Waals surface area contributed by atoms with E-state index >= 15 is 0 Å². The van der Waals surface area contributed by atoms with Crippen LogP contribution < -0.4 is 5.32 Å². The molecule has 23 heavy (non-hydrogen) atoms. The average Bonchev–Trinajstić information content (AvgIpc) is 3.28. The van der Waals surface area contributed by atoms with Gasteiger partial charge >= 0.3 is 0 Å². The second-order valence-electron chi connectivity index (χ2n) is 4.89. The minimum Gasteiger partial charge on any atom is -0.377 e. The monoisotopic (exact) mass is 348 g/mol. The van der Waals surface area contributed by atoms with E-state index in [0.29, 0.717) is 18.2 Å². The van der Waals surface area contributed by atoms with E-state index in [9.17, 15) is 4.79 Å². The molecule has 0 saturated carbocycles. The summed E-state index contributed by atoms with van der Waals surface area (Å²) in [5.41, 5.74) is 1.12. The summed E-state index contributed by atoms with van der Waals surface area (Å²) in [4.78, 5) is 12.4. The summed E-state index contributed by atoms with van der Waals surface area (Å²) < 4.78 is 7.04. The minimum absolute atomic E-state index is 0.0254. The van der Waals surface area contributed by atoms with Gasteiger partial charge in [-0.2, -0.15) is 11.3 Å². The molecule has 120 valence electrons. The number of rotatable bonds is 7. The van der Waals surface area contributed by atoms with Crippen molar-refractivity contribution in [3.63, 3.8) is 0 Å². The molecule has 6 nitrogen and oxygen atoms in total. The van der Waals surface area contributed by atoms with Gasteiger partial charge in [-0.3, -0.25) is 4.79 Å². The number of ether oxygens (including phenoxy) is 1. The van der Waals surface area contributed by atoms with E-state index in [2.05, 4.69) is 20.9 Å². The molecule has 0 aromatic carbocycles. The lowest BCUT2D eigenvalue weighted by molar-refractivity contribution is -0.116. The number of hydrogen-bond acceptors (Lipinski definition) is 6. The number of methoxy groups -OCH3 is 1. The Labute approximate surface area is 141 Å². The first kappa shape index (κ1) is 15.9. The van der Waals surface area contributed by atoms with Crippen molar-refractivity contribution in [2.75, 3.05) is 12.4 Å². The van der Waals surface area contributed by atoms with Gasteiger partial charge < -0.3 is 14.6 Å². The Morgan fingerprint density at radius 3 is 2.91 bits per heavy atom. The predicted molar refractivity (Wildman–Crippen MR) is 90.8 cm³/mol. The van der Waals surface area contributed by atoms with E-state index in [-0.39, 0.29) is 11.9 Å². The molecular formula is C15H16N4O2S2. The van der Waals surface area contributed by atoms with E-state index in [1.165, 1.54) is 11.3 Å². The van der Waals surface area contributed by atoms with Crippen molar-refractivity contribution in [3.8, 4) is 0 Å². The zero-order chi connectivity index (χ0) is 16.1. The number of amides is 1. The number of carbonyl (C=O) groups excluding carboxylic acids is 1. The van der Waals surface area contributed by atoms with Gasteiger partial charge in [-0.15, -0.1) is 10.2 Å². The molecule has 1 N–H and O–H groups in total. The van der Waals surface area contributed by atoms with Crippen LogP contribution in [-0.4, -0.2) is 27.8 Å². The second-order valence-corrected chi connectivity index (χ2v) is 6.73. The summed E-state index contributed by atoms with van der Waals surface area (Å²) in [7, 11) is 1.60. The van der Waals surface area contributed by atoms with Crippen LogP contribution in [0.4, 0.5) is 5.13 Å². The van der Waals surface area contributed by atoms with Crippen LogP contribution in [0, 0.1) is 0 Å². The van der Waals surface area contributed by atoms with Gasteiger partial charge in [0, 0.05) is 19.5 Å². The van der Waals surface area contributed by atoms with E-state index in [0.717, 1.165) is 10.6 Å². The lowest BCUT2D eigenvalue weighted by atomic mass is 10.1. The number of carbonyl (C=O) groups is 1. The predicted octanol–water partition coefficient (Wildman–Crippen LogP) is 3.17. The first-order chi connectivity index (χ1) is 11.3. The van der Waals surface area contributed by atoms with Crippen LogP contribution in [-0.2, 0) is 16.1 Å². The average molecular weight is 348 g/mol. The molecule has 3 aromatic rings. The maximum absolute atomic E-state index is 12.4. The zero-order valence-electron chi connectivity index (χ0n) is 12.5. The highest BCUT2D eigenvalue weighted by Gasteiger charge is 2.18. The smallest absolute Gasteiger partial charge is 0.228 e. The summed E-state index contributed by atoms with van der Waals surface area (Å²) in [5.74, 6) is -0.0879. The van der Waals surface area contributed by atoms with Gasteiger partial charge in [-0.1, -0.05) is 11.3 Å². The van der Waals surface area contributed by atoms with Crippen molar-refractivity contribution in [1.82, 2.24) is 14.8 Å². The molecule has 0 bridgehead atoms. The number of thiophene rings is 1. The summed E-state index contributed by atoms with van der Waals surface area (Å²) in [6, 6.07) is 5.94. The zero-order valence-corrected chi connectivity index (χ0v) is 14.1. The number of nitrogens with one attached hydrogen (secondary N) is 1. The molecule has 3 rings (SSSR count). The van der Waals surface area contributed by atoms with Crippen LogP contribution in [0.2, 0.25) is 0 Å². The van der Waals surface area contributed by atoms with Gasteiger partial charge in [0.05, 0.1) is 12.5 Å². The first-order valence-electron chi connectivity index (χ1n) is 7.02. The quantitative estimate of drug-likeness (QED) is 0.712. The number of hydrogen-bond donors (Lipinski definition) is 1. The Kier molecular flexibility index (Phi) is 5.16. The minimum atomic E-state index is -0.0879. The van der Waals surface area contributed by atoms with E-state index < -0.39 is 0 Å². The van der Waals surface area contributed by atoms with Gasteiger partial charge in [-0.25, -0.2) is 0 Å². The van der Waals surface area contributed by atoms with Gasteiger partial charge in [0.1, 0.15) is 11.6 Å². The number of anilines is 1. The Morgan fingerprint density at radius 2 is 2.22 bits per heavy atom. The largest absolute Gasteiger partial charge is 0.377 e. The van der Waals surface area contributed by atoms with Crippen molar-refractivity contribution in [3.05, 3.63) is 51.9 Å². The van der Waals surface area contributed by atoms with E-state index in [1.54, 1.807) is 18.4 Å². The summed E-state index contributed by atoms with van der Waals surface area (Å²) in [5, 5.41) is 16.1. The molecule has 0 aliphatic carbocycles. The number of nitrogens with zero attached hydrogens (tertiary/aromatic N) is 3. The molecule has 0 fully saturated rings. The van der Waals surface area contributed by atoms with Gasteiger partial charge in [0.2, 0.25) is 11.0 Å². The molecule has 8 heteroatoms. The maximum Gasteiger partial charge on any atom is 0.228 e. The second kappa shape index (κ2) is 7.49. The fraction of sp³-hybridized carbons (Fsp3) is 0.267. The van der Waals surface area contributed by atoms with Crippen molar-refractivity contribution in [1.29, 1.82) is 0 Å². The van der Waals surface area contributed by atoms with Crippen molar-refractivity contribution in [2.24, 2.45) is 0 Å². The highest BCUT2D eigenvalue weighted by molar-refractivity contribution is 7.15. The normalized spacial score (nSPS) is 12.2. The Morgan fingerprint density at radius 1 is 1.39 bits per heavy atom. The third-order valence-corrected chi connectivity index (χ3v) is 4.79. The maximum atomic E-state index is 12.4. The molecule has 3 heterocycles. The van der Waals surface area contributed by atoms with Crippen molar-refractivity contribution in [2.45, 2.75) is 19.1 Å². The topological polar surface area (TPSA) is 69.0 Å². The lowest BCUT2D eigenvalue weighted by Gasteiger charge is -2.17. The fourth-order valence-electron chi connectivity index (χ4n) is 2.25. The van der Waals surface area contributed by atoms with Crippen molar-refractivity contribution < 1.29 is 9.53 Å². The molecule has 0 spiro atoms. The van der Waals surface area contributed by atoms with E-state index in [4.69, 9.17) is 4.74 Å². The van der Waals surface area contributed by atoms with Crippen molar-refractivity contribution >= 4 is 33.7 Å². The third-order valence-electron chi connectivity index (χ3n) is 3.28. The van der Waals surface area contributed by atoms with Gasteiger partial charge in [0.15, 0.2) is 0 Å².